The van der Waals surface area contributed by atoms with Gasteiger partial charge in [0, 0.05) is 23.3 Å². The first-order chi connectivity index (χ1) is 10.0. The number of amides is 1. The van der Waals surface area contributed by atoms with Crippen molar-refractivity contribution in [1.29, 1.82) is 0 Å². The van der Waals surface area contributed by atoms with Crippen LogP contribution in [-0.2, 0) is 0 Å². The van der Waals surface area contributed by atoms with Gasteiger partial charge in [-0.2, -0.15) is 0 Å². The molecule has 0 saturated heterocycles. The van der Waals surface area contributed by atoms with Gasteiger partial charge >= 0.3 is 0 Å². The molecule has 1 aromatic carbocycles. The average Bonchev–Trinajstić information content (AvgIpc) is 2.43. The number of hydrogen-bond acceptors (Lipinski definition) is 2. The van der Waals surface area contributed by atoms with Gasteiger partial charge in [-0.3, -0.25) is 4.79 Å². The van der Waals surface area contributed by atoms with Crippen LogP contribution in [0.15, 0.2) is 24.3 Å². The lowest BCUT2D eigenvalue weighted by atomic mass is 10.1. The first-order valence-electron chi connectivity index (χ1n) is 8.20. The monoisotopic (exact) mass is 290 g/mol. The molecular weight excluding hydrogens is 260 g/mol. The third-order valence-electron chi connectivity index (χ3n) is 3.45. The highest BCUT2D eigenvalue weighted by Crippen LogP contribution is 2.14. The summed E-state index contributed by atoms with van der Waals surface area (Å²) in [5, 5.41) is 6.41. The molecule has 0 heterocycles. The quantitative estimate of drug-likeness (QED) is 0.653. The van der Waals surface area contributed by atoms with Gasteiger partial charge in [0.2, 0.25) is 0 Å². The molecule has 3 nitrogen and oxygen atoms in total. The Hall–Kier alpha value is -1.51. The highest BCUT2D eigenvalue weighted by Gasteiger charge is 2.08. The van der Waals surface area contributed by atoms with Crippen molar-refractivity contribution >= 4 is 11.6 Å². The number of unbranched alkanes of at least 4 members (excludes halogenated alkanes) is 3. The molecule has 1 aromatic rings. The van der Waals surface area contributed by atoms with E-state index in [1.54, 1.807) is 0 Å². The van der Waals surface area contributed by atoms with Crippen molar-refractivity contribution in [2.45, 2.75) is 71.9 Å². The van der Waals surface area contributed by atoms with E-state index in [0.717, 1.165) is 5.69 Å². The predicted octanol–water partition coefficient (Wildman–Crippen LogP) is 4.60. The Kier molecular flexibility index (Phi) is 7.88. The van der Waals surface area contributed by atoms with Gasteiger partial charge in [-0.25, -0.2) is 0 Å². The van der Waals surface area contributed by atoms with E-state index in [2.05, 4.69) is 24.5 Å². The SMILES string of the molecule is CCCCCCC(C)Nc1cccc(C(=O)NC(C)C)c1. The lowest BCUT2D eigenvalue weighted by molar-refractivity contribution is 0.0943. The van der Waals surface area contributed by atoms with Crippen molar-refractivity contribution < 1.29 is 4.79 Å². The molecule has 0 aromatic heterocycles. The fourth-order valence-corrected chi connectivity index (χ4v) is 2.33. The van der Waals surface area contributed by atoms with Gasteiger partial charge in [0.15, 0.2) is 0 Å². The number of benzene rings is 1. The molecule has 1 rings (SSSR count). The highest BCUT2D eigenvalue weighted by molar-refractivity contribution is 5.95. The molecule has 3 heteroatoms. The molecule has 21 heavy (non-hydrogen) atoms. The number of carbonyl (C=O) groups excluding carboxylic acids is 1. The fourth-order valence-electron chi connectivity index (χ4n) is 2.33. The number of nitrogens with one attached hydrogen (secondary N) is 2. The van der Waals surface area contributed by atoms with Crippen LogP contribution < -0.4 is 10.6 Å². The molecule has 118 valence electrons. The Labute approximate surface area is 129 Å². The van der Waals surface area contributed by atoms with Crippen molar-refractivity contribution in [2.24, 2.45) is 0 Å². The molecule has 1 amide bonds. The Morgan fingerprint density at radius 2 is 1.90 bits per heavy atom. The largest absolute Gasteiger partial charge is 0.383 e. The van der Waals surface area contributed by atoms with Gasteiger partial charge in [-0.15, -0.1) is 0 Å². The molecule has 0 aliphatic rings. The van der Waals surface area contributed by atoms with Gasteiger partial charge in [-0.05, 0) is 45.4 Å². The van der Waals surface area contributed by atoms with Crippen molar-refractivity contribution in [3.05, 3.63) is 29.8 Å². The molecule has 0 aliphatic heterocycles. The molecule has 0 radical (unpaired) electrons. The summed E-state index contributed by atoms with van der Waals surface area (Å²) in [5.41, 5.74) is 1.74. The Balaban J connectivity index is 2.50. The van der Waals surface area contributed by atoms with Crippen LogP contribution in [0.2, 0.25) is 0 Å². The second kappa shape index (κ2) is 9.43. The molecule has 1 unspecified atom stereocenters. The minimum Gasteiger partial charge on any atom is -0.383 e. The normalized spacial score (nSPS) is 12.2. The van der Waals surface area contributed by atoms with E-state index < -0.39 is 0 Å². The lowest BCUT2D eigenvalue weighted by Crippen LogP contribution is -2.30. The smallest absolute Gasteiger partial charge is 0.251 e. The van der Waals surface area contributed by atoms with Gasteiger partial charge in [-0.1, -0.05) is 38.7 Å². The molecule has 0 bridgehead atoms. The third-order valence-corrected chi connectivity index (χ3v) is 3.45. The predicted molar refractivity (Wildman–Crippen MR) is 90.9 cm³/mol. The zero-order chi connectivity index (χ0) is 15.7. The van der Waals surface area contributed by atoms with Gasteiger partial charge in [0.25, 0.3) is 5.91 Å². The fraction of sp³-hybridized carbons (Fsp3) is 0.611. The Bertz CT molecular complexity index is 429. The molecule has 0 spiro atoms. The van der Waals surface area contributed by atoms with Crippen LogP contribution in [-0.4, -0.2) is 18.0 Å². The highest BCUT2D eigenvalue weighted by atomic mass is 16.1. The van der Waals surface area contributed by atoms with E-state index in [1.165, 1.54) is 32.1 Å². The molecular formula is C18H30N2O. The summed E-state index contributed by atoms with van der Waals surface area (Å²) < 4.78 is 0. The summed E-state index contributed by atoms with van der Waals surface area (Å²) in [5.74, 6) is -0.00995. The van der Waals surface area contributed by atoms with Crippen LogP contribution >= 0.6 is 0 Å². The van der Waals surface area contributed by atoms with Crippen molar-refractivity contribution in [3.8, 4) is 0 Å². The second-order valence-corrected chi connectivity index (χ2v) is 6.10. The van der Waals surface area contributed by atoms with E-state index in [1.807, 2.05) is 38.1 Å². The molecule has 0 saturated carbocycles. The maximum absolute atomic E-state index is 12.0. The zero-order valence-electron chi connectivity index (χ0n) is 13.9. The van der Waals surface area contributed by atoms with Crippen LogP contribution in [0.25, 0.3) is 0 Å². The third kappa shape index (κ3) is 7.16. The maximum atomic E-state index is 12.0. The molecule has 1 atom stereocenters. The molecule has 0 aliphatic carbocycles. The maximum Gasteiger partial charge on any atom is 0.251 e. The molecule has 2 N–H and O–H groups in total. The number of hydrogen-bond donors (Lipinski definition) is 2. The van der Waals surface area contributed by atoms with Crippen molar-refractivity contribution in [3.63, 3.8) is 0 Å². The summed E-state index contributed by atoms with van der Waals surface area (Å²) in [6, 6.07) is 8.34. The summed E-state index contributed by atoms with van der Waals surface area (Å²) in [6.45, 7) is 8.37. The van der Waals surface area contributed by atoms with Gasteiger partial charge in [0.1, 0.15) is 0 Å². The summed E-state index contributed by atoms with van der Waals surface area (Å²) in [7, 11) is 0. The van der Waals surface area contributed by atoms with E-state index in [0.29, 0.717) is 11.6 Å². The number of anilines is 1. The topological polar surface area (TPSA) is 41.1 Å². The van der Waals surface area contributed by atoms with Gasteiger partial charge < -0.3 is 10.6 Å². The van der Waals surface area contributed by atoms with Crippen molar-refractivity contribution in [2.75, 3.05) is 5.32 Å². The standard InChI is InChI=1S/C18H30N2O/c1-5-6-7-8-10-15(4)20-17-12-9-11-16(13-17)18(21)19-14(2)3/h9,11-15,20H,5-8,10H2,1-4H3,(H,19,21). The van der Waals surface area contributed by atoms with E-state index in [4.69, 9.17) is 0 Å². The number of rotatable bonds is 9. The second-order valence-electron chi connectivity index (χ2n) is 6.10. The van der Waals surface area contributed by atoms with Crippen LogP contribution in [0.5, 0.6) is 0 Å². The van der Waals surface area contributed by atoms with E-state index >= 15 is 0 Å². The minimum atomic E-state index is -0.00995. The summed E-state index contributed by atoms with van der Waals surface area (Å²) >= 11 is 0. The first-order valence-corrected chi connectivity index (χ1v) is 8.20. The van der Waals surface area contributed by atoms with Crippen LogP contribution in [0.3, 0.4) is 0 Å². The average molecular weight is 290 g/mol. The Morgan fingerprint density at radius 3 is 2.57 bits per heavy atom. The van der Waals surface area contributed by atoms with Crippen LogP contribution in [0.1, 0.15) is 70.2 Å². The van der Waals surface area contributed by atoms with E-state index in [9.17, 15) is 4.79 Å². The zero-order valence-corrected chi connectivity index (χ0v) is 13.9. The first kappa shape index (κ1) is 17.5. The minimum absolute atomic E-state index is 0.00995. The lowest BCUT2D eigenvalue weighted by Gasteiger charge is -2.16. The number of carbonyl (C=O) groups is 1. The van der Waals surface area contributed by atoms with Gasteiger partial charge in [0.05, 0.1) is 0 Å². The van der Waals surface area contributed by atoms with Crippen LogP contribution in [0, 0.1) is 0 Å². The summed E-state index contributed by atoms with van der Waals surface area (Å²) in [6.07, 6.45) is 6.32. The van der Waals surface area contributed by atoms with E-state index in [-0.39, 0.29) is 11.9 Å². The van der Waals surface area contributed by atoms with Crippen molar-refractivity contribution in [1.82, 2.24) is 5.32 Å². The molecule has 0 fully saturated rings. The Morgan fingerprint density at radius 1 is 1.14 bits per heavy atom. The summed E-state index contributed by atoms with van der Waals surface area (Å²) in [4.78, 5) is 12.0. The van der Waals surface area contributed by atoms with Crippen LogP contribution in [0.4, 0.5) is 5.69 Å².